The van der Waals surface area contributed by atoms with Gasteiger partial charge in [0.15, 0.2) is 0 Å². The Morgan fingerprint density at radius 3 is 2.73 bits per heavy atom. The van der Waals surface area contributed by atoms with Crippen molar-refractivity contribution in [1.82, 2.24) is 5.43 Å². The van der Waals surface area contributed by atoms with Crippen molar-refractivity contribution in [2.24, 2.45) is 5.10 Å². The number of hydrogen-bond donors (Lipinski definition) is 2. The third kappa shape index (κ3) is 7.28. The number of carbonyl (C=O) groups is 2. The second kappa shape index (κ2) is 9.38. The Kier molecular flexibility index (Phi) is 7.45. The van der Waals surface area contributed by atoms with Crippen LogP contribution in [0.25, 0.3) is 0 Å². The van der Waals surface area contributed by atoms with Gasteiger partial charge in [0.05, 0.1) is 13.5 Å². The fraction of sp³-hybridized carbons (Fsp3) is 0.400. The maximum Gasteiger partial charge on any atom is 0.427 e. The molecule has 0 aliphatic carbocycles. The molecule has 0 heterocycles. The van der Waals surface area contributed by atoms with E-state index >= 15 is 0 Å². The van der Waals surface area contributed by atoms with E-state index in [0.717, 1.165) is 11.3 Å². The van der Waals surface area contributed by atoms with Crippen LogP contribution in [-0.2, 0) is 14.3 Å². The van der Waals surface area contributed by atoms with Crippen molar-refractivity contribution in [3.8, 4) is 0 Å². The molecule has 0 unspecified atom stereocenters. The molecular weight excluding hydrogens is 286 g/mol. The first-order valence-corrected chi connectivity index (χ1v) is 6.84. The van der Waals surface area contributed by atoms with Crippen molar-refractivity contribution in [3.63, 3.8) is 0 Å². The molecule has 1 aromatic rings. The summed E-state index contributed by atoms with van der Waals surface area (Å²) >= 11 is 0. The summed E-state index contributed by atoms with van der Waals surface area (Å²) in [5.74, 6) is 0.0287. The van der Waals surface area contributed by atoms with Crippen LogP contribution in [0, 0.1) is 6.92 Å². The summed E-state index contributed by atoms with van der Waals surface area (Å²) in [5, 5.41) is 6.91. The molecule has 1 rings (SSSR count). The molecule has 0 saturated carbocycles. The van der Waals surface area contributed by atoms with E-state index in [4.69, 9.17) is 4.74 Å². The van der Waals surface area contributed by atoms with E-state index in [0.29, 0.717) is 13.2 Å². The zero-order valence-corrected chi connectivity index (χ0v) is 13.0. The molecule has 22 heavy (non-hydrogen) atoms. The van der Waals surface area contributed by atoms with Crippen molar-refractivity contribution in [2.75, 3.05) is 25.6 Å². The van der Waals surface area contributed by atoms with Gasteiger partial charge in [-0.15, -0.1) is 5.10 Å². The van der Waals surface area contributed by atoms with Gasteiger partial charge in [-0.1, -0.05) is 12.1 Å². The maximum absolute atomic E-state index is 11.1. The number of methoxy groups -OCH3 is 1. The van der Waals surface area contributed by atoms with E-state index in [1.807, 2.05) is 31.2 Å². The van der Waals surface area contributed by atoms with Crippen molar-refractivity contribution in [1.29, 1.82) is 0 Å². The number of Topliss-reactive ketones (excluding diaryl/α,β-unsaturated/α-hetero) is 1. The number of carbonyl (C=O) groups excluding carboxylic acids is 2. The monoisotopic (exact) mass is 307 g/mol. The Morgan fingerprint density at radius 1 is 1.32 bits per heavy atom. The van der Waals surface area contributed by atoms with Gasteiger partial charge >= 0.3 is 6.09 Å². The largest absolute Gasteiger partial charge is 0.478 e. The SMILES string of the molecule is COC(=O)NN=C(CC(C)=O)OCCNc1cccc(C)c1. The predicted octanol–water partition coefficient (Wildman–Crippen LogP) is 2.07. The Labute approximate surface area is 129 Å². The zero-order valence-electron chi connectivity index (χ0n) is 13.0. The van der Waals surface area contributed by atoms with Gasteiger partial charge in [-0.25, -0.2) is 10.2 Å². The van der Waals surface area contributed by atoms with Crippen LogP contribution in [0.1, 0.15) is 18.9 Å². The molecule has 1 aromatic carbocycles. The molecule has 0 bridgehead atoms. The van der Waals surface area contributed by atoms with Crippen LogP contribution < -0.4 is 10.7 Å². The van der Waals surface area contributed by atoms with E-state index in [1.165, 1.54) is 14.0 Å². The molecule has 0 aliphatic rings. The molecule has 0 saturated heterocycles. The summed E-state index contributed by atoms with van der Waals surface area (Å²) in [6.45, 7) is 4.28. The number of nitrogens with one attached hydrogen (secondary N) is 2. The number of hydrogen-bond acceptors (Lipinski definition) is 6. The van der Waals surface area contributed by atoms with E-state index in [9.17, 15) is 9.59 Å². The van der Waals surface area contributed by atoms with Crippen LogP contribution in [0.4, 0.5) is 10.5 Å². The number of benzene rings is 1. The average molecular weight is 307 g/mol. The smallest absolute Gasteiger partial charge is 0.427 e. The molecule has 0 radical (unpaired) electrons. The quantitative estimate of drug-likeness (QED) is 0.348. The molecular formula is C15H21N3O4. The molecule has 7 heteroatoms. The number of aryl methyl sites for hydroxylation is 1. The predicted molar refractivity (Wildman–Crippen MR) is 83.9 cm³/mol. The van der Waals surface area contributed by atoms with Gasteiger partial charge in [-0.2, -0.15) is 0 Å². The Morgan fingerprint density at radius 2 is 2.09 bits per heavy atom. The third-order valence-corrected chi connectivity index (χ3v) is 2.58. The van der Waals surface area contributed by atoms with E-state index in [-0.39, 0.29) is 18.1 Å². The first-order valence-electron chi connectivity index (χ1n) is 6.84. The highest BCUT2D eigenvalue weighted by Gasteiger charge is 2.06. The van der Waals surface area contributed by atoms with Crippen LogP contribution in [-0.4, -0.2) is 38.0 Å². The molecule has 1 amide bonds. The van der Waals surface area contributed by atoms with Crippen LogP contribution in [0.3, 0.4) is 0 Å². The van der Waals surface area contributed by atoms with Gasteiger partial charge in [-0.3, -0.25) is 4.79 Å². The summed E-state index contributed by atoms with van der Waals surface area (Å²) in [6, 6.07) is 7.94. The number of rotatable bonds is 7. The fourth-order valence-corrected chi connectivity index (χ4v) is 1.61. The summed E-state index contributed by atoms with van der Waals surface area (Å²) in [5.41, 5.74) is 4.28. The lowest BCUT2D eigenvalue weighted by molar-refractivity contribution is -0.116. The Bertz CT molecular complexity index is 543. The zero-order chi connectivity index (χ0) is 16.4. The van der Waals surface area contributed by atoms with Crippen LogP contribution >= 0.6 is 0 Å². The average Bonchev–Trinajstić information content (AvgIpc) is 2.48. The minimum atomic E-state index is -0.720. The Balaban J connectivity index is 2.42. The highest BCUT2D eigenvalue weighted by Crippen LogP contribution is 2.08. The number of anilines is 1. The standard InChI is InChI=1S/C15H21N3O4/c1-11-5-4-6-13(9-11)16-7-8-22-14(10-12(2)19)17-18-15(20)21-3/h4-6,9,16H,7-8,10H2,1-3H3,(H,18,20). The number of hydrazone groups is 1. The molecule has 2 N–H and O–H groups in total. The number of ketones is 1. The first-order chi connectivity index (χ1) is 10.5. The van der Waals surface area contributed by atoms with E-state index in [2.05, 4.69) is 20.6 Å². The van der Waals surface area contributed by atoms with Gasteiger partial charge in [0.25, 0.3) is 0 Å². The maximum atomic E-state index is 11.1. The van der Waals surface area contributed by atoms with Crippen molar-refractivity contribution in [2.45, 2.75) is 20.3 Å². The summed E-state index contributed by atoms with van der Waals surface area (Å²) in [6.07, 6.45) is -0.711. The van der Waals surface area contributed by atoms with E-state index in [1.54, 1.807) is 0 Å². The summed E-state index contributed by atoms with van der Waals surface area (Å²) < 4.78 is 9.79. The first kappa shape index (κ1) is 17.5. The molecule has 0 fully saturated rings. The molecule has 0 atom stereocenters. The van der Waals surface area contributed by atoms with Gasteiger partial charge in [0, 0.05) is 12.2 Å². The van der Waals surface area contributed by atoms with Crippen molar-refractivity contribution >= 4 is 23.5 Å². The van der Waals surface area contributed by atoms with Gasteiger partial charge in [0.2, 0.25) is 5.90 Å². The third-order valence-electron chi connectivity index (χ3n) is 2.58. The topological polar surface area (TPSA) is 89.0 Å². The molecule has 0 spiro atoms. The van der Waals surface area contributed by atoms with E-state index < -0.39 is 6.09 Å². The molecule has 0 aliphatic heterocycles. The summed E-state index contributed by atoms with van der Waals surface area (Å²) in [7, 11) is 1.22. The highest BCUT2D eigenvalue weighted by atomic mass is 16.5. The lowest BCUT2D eigenvalue weighted by atomic mass is 10.2. The van der Waals surface area contributed by atoms with Crippen LogP contribution in [0.5, 0.6) is 0 Å². The normalized spacial score (nSPS) is 10.8. The number of nitrogens with zero attached hydrogens (tertiary/aromatic N) is 1. The van der Waals surface area contributed by atoms with Crippen molar-refractivity contribution in [3.05, 3.63) is 29.8 Å². The minimum absolute atomic E-state index is 0.00837. The molecule has 0 aromatic heterocycles. The lowest BCUT2D eigenvalue weighted by Gasteiger charge is -2.10. The summed E-state index contributed by atoms with van der Waals surface area (Å²) in [4.78, 5) is 22.1. The Hall–Kier alpha value is -2.57. The van der Waals surface area contributed by atoms with Gasteiger partial charge < -0.3 is 14.8 Å². The van der Waals surface area contributed by atoms with Gasteiger partial charge in [-0.05, 0) is 31.5 Å². The fourth-order valence-electron chi connectivity index (χ4n) is 1.61. The molecule has 7 nitrogen and oxygen atoms in total. The molecule has 120 valence electrons. The van der Waals surface area contributed by atoms with Crippen molar-refractivity contribution < 1.29 is 19.1 Å². The van der Waals surface area contributed by atoms with Crippen LogP contribution in [0.2, 0.25) is 0 Å². The lowest BCUT2D eigenvalue weighted by Crippen LogP contribution is -2.23. The second-order valence-electron chi connectivity index (χ2n) is 4.63. The minimum Gasteiger partial charge on any atom is -0.478 e. The van der Waals surface area contributed by atoms with Gasteiger partial charge in [0.1, 0.15) is 12.4 Å². The van der Waals surface area contributed by atoms with Crippen LogP contribution in [0.15, 0.2) is 29.4 Å². The highest BCUT2D eigenvalue weighted by molar-refractivity contribution is 5.97. The number of amides is 1. The second-order valence-corrected chi connectivity index (χ2v) is 4.63. The number of ether oxygens (including phenoxy) is 2.